The van der Waals surface area contributed by atoms with E-state index < -0.39 is 0 Å². The van der Waals surface area contributed by atoms with Gasteiger partial charge in [0.2, 0.25) is 6.41 Å². The lowest BCUT2D eigenvalue weighted by atomic mass is 9.66. The van der Waals surface area contributed by atoms with Crippen LogP contribution in [-0.4, -0.2) is 30.2 Å². The zero-order valence-electron chi connectivity index (χ0n) is 14.2. The van der Waals surface area contributed by atoms with Gasteiger partial charge < -0.3 is 4.90 Å². The maximum atomic E-state index is 10.9. The van der Waals surface area contributed by atoms with Crippen molar-refractivity contribution in [3.8, 4) is 0 Å². The number of amides is 1. The highest BCUT2D eigenvalue weighted by Gasteiger charge is 2.48. The van der Waals surface area contributed by atoms with Crippen molar-refractivity contribution >= 4 is 6.41 Å². The zero-order valence-corrected chi connectivity index (χ0v) is 14.2. The SMILES string of the molecule is CC(CC1CCC(C)(C)C1(C)C)OOC1CCCN1C=O. The quantitative estimate of drug-likeness (QED) is 0.426. The van der Waals surface area contributed by atoms with E-state index in [1.165, 1.54) is 12.8 Å². The lowest BCUT2D eigenvalue weighted by Crippen LogP contribution is -2.34. The van der Waals surface area contributed by atoms with Gasteiger partial charge in [0.05, 0.1) is 6.10 Å². The number of carbonyl (C=O) groups excluding carboxylic acids is 1. The molecule has 4 heteroatoms. The Balaban J connectivity index is 1.80. The minimum atomic E-state index is -0.196. The van der Waals surface area contributed by atoms with Gasteiger partial charge in [0, 0.05) is 6.54 Å². The first-order valence-corrected chi connectivity index (χ1v) is 8.31. The molecule has 3 atom stereocenters. The molecule has 0 spiro atoms. The molecule has 0 N–H and O–H groups in total. The van der Waals surface area contributed by atoms with Crippen molar-refractivity contribution in [3.05, 3.63) is 0 Å². The Kier molecular flexibility index (Phi) is 4.99. The molecule has 0 aromatic carbocycles. The lowest BCUT2D eigenvalue weighted by molar-refractivity contribution is -0.365. The monoisotopic (exact) mass is 297 g/mol. The van der Waals surface area contributed by atoms with Gasteiger partial charge in [-0.25, -0.2) is 9.78 Å². The van der Waals surface area contributed by atoms with Crippen LogP contribution in [0.2, 0.25) is 0 Å². The smallest absolute Gasteiger partial charge is 0.211 e. The second kappa shape index (κ2) is 6.25. The van der Waals surface area contributed by atoms with E-state index in [0.717, 1.165) is 32.2 Å². The van der Waals surface area contributed by atoms with Crippen LogP contribution in [0.3, 0.4) is 0 Å². The molecule has 2 aliphatic rings. The first-order chi connectivity index (χ1) is 9.78. The number of likely N-dealkylation sites (tertiary alicyclic amines) is 1. The molecule has 21 heavy (non-hydrogen) atoms. The summed E-state index contributed by atoms with van der Waals surface area (Å²) in [7, 11) is 0. The van der Waals surface area contributed by atoms with Crippen LogP contribution >= 0.6 is 0 Å². The Morgan fingerprint density at radius 2 is 2.00 bits per heavy atom. The van der Waals surface area contributed by atoms with E-state index in [2.05, 4.69) is 34.6 Å². The van der Waals surface area contributed by atoms with Crippen molar-refractivity contribution in [1.29, 1.82) is 0 Å². The molecule has 1 aliphatic carbocycles. The van der Waals surface area contributed by atoms with Gasteiger partial charge in [-0.2, -0.15) is 0 Å². The number of hydrogen-bond acceptors (Lipinski definition) is 3. The van der Waals surface area contributed by atoms with Gasteiger partial charge in [-0.3, -0.25) is 4.79 Å². The molecule has 1 saturated carbocycles. The summed E-state index contributed by atoms with van der Waals surface area (Å²) >= 11 is 0. The van der Waals surface area contributed by atoms with E-state index in [-0.39, 0.29) is 12.3 Å². The number of hydrogen-bond donors (Lipinski definition) is 0. The van der Waals surface area contributed by atoms with Crippen molar-refractivity contribution in [1.82, 2.24) is 4.90 Å². The molecule has 0 aromatic rings. The Morgan fingerprint density at radius 1 is 1.29 bits per heavy atom. The summed E-state index contributed by atoms with van der Waals surface area (Å²) in [6.45, 7) is 12.3. The predicted octanol–water partition coefficient (Wildman–Crippen LogP) is 3.75. The van der Waals surface area contributed by atoms with Crippen LogP contribution in [0, 0.1) is 16.7 Å². The average Bonchev–Trinajstić information content (AvgIpc) is 2.94. The zero-order chi connectivity index (χ0) is 15.7. The topological polar surface area (TPSA) is 38.8 Å². The number of carbonyl (C=O) groups is 1. The summed E-state index contributed by atoms with van der Waals surface area (Å²) in [6.07, 6.45) is 6.14. The minimum Gasteiger partial charge on any atom is -0.317 e. The summed E-state index contributed by atoms with van der Waals surface area (Å²) in [5.74, 6) is 0.664. The van der Waals surface area contributed by atoms with Crippen molar-refractivity contribution < 1.29 is 14.6 Å². The molecule has 1 heterocycles. The van der Waals surface area contributed by atoms with Gasteiger partial charge in [-0.1, -0.05) is 27.7 Å². The molecule has 1 aliphatic heterocycles. The first kappa shape index (κ1) is 16.8. The predicted molar refractivity (Wildman–Crippen MR) is 82.3 cm³/mol. The summed E-state index contributed by atoms with van der Waals surface area (Å²) in [5, 5.41) is 0. The van der Waals surface area contributed by atoms with Crippen LogP contribution in [-0.2, 0) is 14.6 Å². The number of nitrogens with zero attached hydrogens (tertiary/aromatic N) is 1. The highest BCUT2D eigenvalue weighted by Crippen LogP contribution is 2.56. The van der Waals surface area contributed by atoms with E-state index in [1.807, 2.05) is 0 Å². The minimum absolute atomic E-state index is 0.0669. The molecule has 122 valence electrons. The maximum absolute atomic E-state index is 10.9. The van der Waals surface area contributed by atoms with Crippen molar-refractivity contribution in [2.75, 3.05) is 6.54 Å². The molecule has 0 radical (unpaired) electrons. The molecule has 4 nitrogen and oxygen atoms in total. The van der Waals surface area contributed by atoms with Crippen LogP contribution in [0.1, 0.15) is 66.7 Å². The van der Waals surface area contributed by atoms with E-state index in [4.69, 9.17) is 9.78 Å². The molecular weight excluding hydrogens is 266 g/mol. The highest BCUT2D eigenvalue weighted by molar-refractivity contribution is 5.47. The van der Waals surface area contributed by atoms with E-state index in [1.54, 1.807) is 4.90 Å². The Hall–Kier alpha value is -0.610. The Morgan fingerprint density at radius 3 is 2.57 bits per heavy atom. The molecule has 1 amide bonds. The van der Waals surface area contributed by atoms with E-state index in [9.17, 15) is 4.79 Å². The van der Waals surface area contributed by atoms with Gasteiger partial charge >= 0.3 is 0 Å². The van der Waals surface area contributed by atoms with Crippen LogP contribution in [0.25, 0.3) is 0 Å². The van der Waals surface area contributed by atoms with Gasteiger partial charge in [0.1, 0.15) is 0 Å². The summed E-state index contributed by atoms with van der Waals surface area (Å²) in [5.41, 5.74) is 0.713. The van der Waals surface area contributed by atoms with E-state index in [0.29, 0.717) is 16.7 Å². The number of rotatable bonds is 6. The highest BCUT2D eigenvalue weighted by atomic mass is 17.2. The average molecular weight is 297 g/mol. The Labute approximate surface area is 129 Å². The molecule has 3 unspecified atom stereocenters. The van der Waals surface area contributed by atoms with Crippen LogP contribution < -0.4 is 0 Å². The van der Waals surface area contributed by atoms with Crippen molar-refractivity contribution in [2.24, 2.45) is 16.7 Å². The van der Waals surface area contributed by atoms with Crippen molar-refractivity contribution in [2.45, 2.75) is 79.1 Å². The summed E-state index contributed by atoms with van der Waals surface area (Å²) < 4.78 is 0. The normalized spacial score (nSPS) is 32.3. The van der Waals surface area contributed by atoms with Gasteiger partial charge in [0.25, 0.3) is 0 Å². The second-order valence-corrected chi connectivity index (χ2v) is 8.02. The molecule has 2 fully saturated rings. The fourth-order valence-corrected chi connectivity index (χ4v) is 3.76. The third-order valence-electron chi connectivity index (χ3n) is 6.20. The molecule has 0 aromatic heterocycles. The first-order valence-electron chi connectivity index (χ1n) is 8.31. The second-order valence-electron chi connectivity index (χ2n) is 8.02. The van der Waals surface area contributed by atoms with Crippen LogP contribution in [0.15, 0.2) is 0 Å². The summed E-state index contributed by atoms with van der Waals surface area (Å²) in [6, 6.07) is 0. The molecule has 1 saturated heterocycles. The van der Waals surface area contributed by atoms with Crippen LogP contribution in [0.4, 0.5) is 0 Å². The third kappa shape index (κ3) is 3.42. The Bertz CT molecular complexity index is 367. The summed E-state index contributed by atoms with van der Waals surface area (Å²) in [4.78, 5) is 23.6. The lowest BCUT2D eigenvalue weighted by Gasteiger charge is -2.40. The molecular formula is C17H31NO3. The standard InChI is InChI=1S/C17H31NO3/c1-13(20-21-15-7-6-10-18(15)12-19)11-14-8-9-16(2,3)17(14,4)5/h12-15H,6-11H2,1-5H3. The largest absolute Gasteiger partial charge is 0.317 e. The van der Waals surface area contributed by atoms with Gasteiger partial charge in [-0.05, 0) is 55.8 Å². The van der Waals surface area contributed by atoms with E-state index >= 15 is 0 Å². The maximum Gasteiger partial charge on any atom is 0.211 e. The van der Waals surface area contributed by atoms with Crippen LogP contribution in [0.5, 0.6) is 0 Å². The van der Waals surface area contributed by atoms with Gasteiger partial charge in [0.15, 0.2) is 6.23 Å². The van der Waals surface area contributed by atoms with Gasteiger partial charge in [-0.15, -0.1) is 0 Å². The van der Waals surface area contributed by atoms with Crippen molar-refractivity contribution in [3.63, 3.8) is 0 Å². The fraction of sp³-hybridized carbons (Fsp3) is 0.941. The molecule has 0 bridgehead atoms. The third-order valence-corrected chi connectivity index (χ3v) is 6.20. The molecule has 2 rings (SSSR count). The fourth-order valence-electron chi connectivity index (χ4n) is 3.76.